The molecule has 0 radical (unpaired) electrons. The van der Waals surface area contributed by atoms with E-state index in [0.717, 1.165) is 11.3 Å². The number of rotatable bonds is 5. The molecule has 4 nitrogen and oxygen atoms in total. The first-order chi connectivity index (χ1) is 14.7. The summed E-state index contributed by atoms with van der Waals surface area (Å²) in [6, 6.07) is 29.3. The fraction of sp³-hybridized carbons (Fsp3) is 0.231. The molecule has 4 heteroatoms. The quantitative estimate of drug-likeness (QED) is 0.621. The maximum absolute atomic E-state index is 13.5. The molecule has 0 N–H and O–H groups in total. The Hall–Kier alpha value is -3.40. The highest BCUT2D eigenvalue weighted by molar-refractivity contribution is 5.96. The van der Waals surface area contributed by atoms with Crippen LogP contribution in [-0.4, -0.2) is 29.8 Å². The second kappa shape index (κ2) is 9.40. The SMILES string of the molecule is O=C(c1ccccc1)N1CCC(C(=O)N(Cc2ccccc2)c2ccccc2)CC1. The molecule has 0 bridgehead atoms. The van der Waals surface area contributed by atoms with Crippen LogP contribution in [0.5, 0.6) is 0 Å². The maximum atomic E-state index is 13.5. The Labute approximate surface area is 177 Å². The van der Waals surface area contributed by atoms with Gasteiger partial charge in [0.25, 0.3) is 5.91 Å². The topological polar surface area (TPSA) is 40.6 Å². The predicted octanol–water partition coefficient (Wildman–Crippen LogP) is 4.77. The molecule has 0 unspecified atom stereocenters. The average molecular weight is 399 g/mol. The molecule has 3 aromatic rings. The second-order valence-corrected chi connectivity index (χ2v) is 7.68. The van der Waals surface area contributed by atoms with Crippen LogP contribution in [0.3, 0.4) is 0 Å². The highest BCUT2D eigenvalue weighted by Crippen LogP contribution is 2.26. The summed E-state index contributed by atoms with van der Waals surface area (Å²) in [6.07, 6.45) is 1.38. The fourth-order valence-electron chi connectivity index (χ4n) is 3.98. The zero-order valence-corrected chi connectivity index (χ0v) is 17.0. The van der Waals surface area contributed by atoms with Crippen molar-refractivity contribution in [2.45, 2.75) is 19.4 Å². The van der Waals surface area contributed by atoms with Gasteiger partial charge in [0, 0.05) is 30.3 Å². The summed E-state index contributed by atoms with van der Waals surface area (Å²) in [6.45, 7) is 1.77. The Morgan fingerprint density at radius 1 is 0.767 bits per heavy atom. The number of hydrogen-bond acceptors (Lipinski definition) is 2. The number of benzene rings is 3. The number of piperidine rings is 1. The number of carbonyl (C=O) groups is 2. The lowest BCUT2D eigenvalue weighted by molar-refractivity contribution is -0.123. The van der Waals surface area contributed by atoms with Crippen LogP contribution in [0.1, 0.15) is 28.8 Å². The molecule has 1 heterocycles. The van der Waals surface area contributed by atoms with E-state index in [-0.39, 0.29) is 17.7 Å². The molecule has 4 rings (SSSR count). The van der Waals surface area contributed by atoms with Crippen molar-refractivity contribution in [1.82, 2.24) is 4.90 Å². The zero-order valence-electron chi connectivity index (χ0n) is 17.0. The largest absolute Gasteiger partial charge is 0.339 e. The molecule has 1 aliphatic heterocycles. The first-order valence-electron chi connectivity index (χ1n) is 10.5. The summed E-state index contributed by atoms with van der Waals surface area (Å²) in [5, 5.41) is 0. The van der Waals surface area contributed by atoms with Crippen molar-refractivity contribution in [2.75, 3.05) is 18.0 Å². The van der Waals surface area contributed by atoms with Gasteiger partial charge in [-0.15, -0.1) is 0 Å². The Morgan fingerprint density at radius 3 is 1.90 bits per heavy atom. The lowest BCUT2D eigenvalue weighted by Gasteiger charge is -2.34. The van der Waals surface area contributed by atoms with Crippen LogP contribution in [-0.2, 0) is 11.3 Å². The van der Waals surface area contributed by atoms with Crippen molar-refractivity contribution in [3.63, 3.8) is 0 Å². The molecule has 1 fully saturated rings. The highest BCUT2D eigenvalue weighted by Gasteiger charge is 2.31. The van der Waals surface area contributed by atoms with Gasteiger partial charge in [-0.3, -0.25) is 9.59 Å². The van der Waals surface area contributed by atoms with Gasteiger partial charge in [0.05, 0.1) is 6.54 Å². The van der Waals surface area contributed by atoms with E-state index in [1.54, 1.807) is 0 Å². The van der Waals surface area contributed by atoms with E-state index in [0.29, 0.717) is 38.0 Å². The van der Waals surface area contributed by atoms with Crippen LogP contribution < -0.4 is 4.90 Å². The molecule has 152 valence electrons. The molecule has 1 saturated heterocycles. The normalized spacial score (nSPS) is 14.3. The van der Waals surface area contributed by atoms with Gasteiger partial charge < -0.3 is 9.80 Å². The molecule has 0 aliphatic carbocycles. The molecule has 3 aromatic carbocycles. The van der Waals surface area contributed by atoms with E-state index in [4.69, 9.17) is 0 Å². The lowest BCUT2D eigenvalue weighted by atomic mass is 9.94. The number of carbonyl (C=O) groups excluding carboxylic acids is 2. The summed E-state index contributed by atoms with van der Waals surface area (Å²) in [5.74, 6) is 0.108. The van der Waals surface area contributed by atoms with Crippen molar-refractivity contribution >= 4 is 17.5 Å². The van der Waals surface area contributed by atoms with Crippen molar-refractivity contribution in [3.8, 4) is 0 Å². The summed E-state index contributed by atoms with van der Waals surface area (Å²) >= 11 is 0. The Kier molecular flexibility index (Phi) is 6.23. The Morgan fingerprint density at radius 2 is 1.30 bits per heavy atom. The van der Waals surface area contributed by atoms with Crippen molar-refractivity contribution in [1.29, 1.82) is 0 Å². The minimum atomic E-state index is -0.0752. The van der Waals surface area contributed by atoms with Gasteiger partial charge in [-0.1, -0.05) is 66.7 Å². The van der Waals surface area contributed by atoms with Crippen LogP contribution in [0.2, 0.25) is 0 Å². The molecule has 1 aliphatic rings. The first kappa shape index (κ1) is 19.9. The predicted molar refractivity (Wildman–Crippen MR) is 119 cm³/mol. The van der Waals surface area contributed by atoms with E-state index >= 15 is 0 Å². The van der Waals surface area contributed by atoms with E-state index in [1.807, 2.05) is 101 Å². The molecular formula is C26H26N2O2. The Balaban J connectivity index is 1.45. The molecule has 30 heavy (non-hydrogen) atoms. The van der Waals surface area contributed by atoms with Crippen LogP contribution in [0.15, 0.2) is 91.0 Å². The smallest absolute Gasteiger partial charge is 0.253 e. The van der Waals surface area contributed by atoms with Crippen molar-refractivity contribution in [3.05, 3.63) is 102 Å². The summed E-state index contributed by atoms with van der Waals surface area (Å²) in [7, 11) is 0. The van der Waals surface area contributed by atoms with E-state index in [9.17, 15) is 9.59 Å². The third-order valence-corrected chi connectivity index (χ3v) is 5.67. The summed E-state index contributed by atoms with van der Waals surface area (Å²) in [5.41, 5.74) is 2.72. The number of nitrogens with zero attached hydrogens (tertiary/aromatic N) is 2. The van der Waals surface area contributed by atoms with Crippen LogP contribution in [0, 0.1) is 5.92 Å². The van der Waals surface area contributed by atoms with E-state index in [1.165, 1.54) is 0 Å². The number of anilines is 1. The molecule has 0 saturated carbocycles. The summed E-state index contributed by atoms with van der Waals surface area (Å²) in [4.78, 5) is 29.9. The third-order valence-electron chi connectivity index (χ3n) is 5.67. The highest BCUT2D eigenvalue weighted by atomic mass is 16.2. The molecule has 0 atom stereocenters. The van der Waals surface area contributed by atoms with Crippen LogP contribution in [0.25, 0.3) is 0 Å². The minimum Gasteiger partial charge on any atom is -0.339 e. The monoisotopic (exact) mass is 398 g/mol. The van der Waals surface area contributed by atoms with Crippen molar-refractivity contribution < 1.29 is 9.59 Å². The van der Waals surface area contributed by atoms with E-state index < -0.39 is 0 Å². The first-order valence-corrected chi connectivity index (χ1v) is 10.5. The van der Waals surface area contributed by atoms with Crippen molar-refractivity contribution in [2.24, 2.45) is 5.92 Å². The van der Waals surface area contributed by atoms with Gasteiger partial charge in [-0.05, 0) is 42.7 Å². The zero-order chi connectivity index (χ0) is 20.8. The van der Waals surface area contributed by atoms with Gasteiger partial charge >= 0.3 is 0 Å². The summed E-state index contributed by atoms with van der Waals surface area (Å²) < 4.78 is 0. The van der Waals surface area contributed by atoms with Gasteiger partial charge in [-0.2, -0.15) is 0 Å². The van der Waals surface area contributed by atoms with Gasteiger partial charge in [-0.25, -0.2) is 0 Å². The second-order valence-electron chi connectivity index (χ2n) is 7.68. The van der Waals surface area contributed by atoms with Gasteiger partial charge in [0.2, 0.25) is 5.91 Å². The number of amides is 2. The average Bonchev–Trinajstić information content (AvgIpc) is 2.83. The standard InChI is InChI=1S/C26H26N2O2/c29-25(22-12-6-2-7-13-22)27-18-16-23(17-19-27)26(30)28(24-14-8-3-9-15-24)20-21-10-4-1-5-11-21/h1-15,23H,16-20H2. The van der Waals surface area contributed by atoms with Crippen LogP contribution >= 0.6 is 0 Å². The molecule has 0 aromatic heterocycles. The lowest BCUT2D eigenvalue weighted by Crippen LogP contribution is -2.44. The van der Waals surface area contributed by atoms with E-state index in [2.05, 4.69) is 0 Å². The fourth-order valence-corrected chi connectivity index (χ4v) is 3.98. The molecule has 0 spiro atoms. The molecular weight excluding hydrogens is 372 g/mol. The number of likely N-dealkylation sites (tertiary alicyclic amines) is 1. The van der Waals surface area contributed by atoms with Gasteiger partial charge in [0.15, 0.2) is 0 Å². The number of para-hydroxylation sites is 1. The molecule has 2 amide bonds. The maximum Gasteiger partial charge on any atom is 0.253 e. The Bertz CT molecular complexity index is 966. The minimum absolute atomic E-state index is 0.0469. The van der Waals surface area contributed by atoms with Crippen LogP contribution in [0.4, 0.5) is 5.69 Å². The van der Waals surface area contributed by atoms with Gasteiger partial charge in [0.1, 0.15) is 0 Å². The third kappa shape index (κ3) is 4.60. The number of hydrogen-bond donors (Lipinski definition) is 0.